The molecule has 0 bridgehead atoms. The van der Waals surface area contributed by atoms with Gasteiger partial charge in [0, 0.05) is 25.3 Å². The second kappa shape index (κ2) is 6.92. The molecule has 0 radical (unpaired) electrons. The molecule has 0 aromatic heterocycles. The molecule has 3 heteroatoms. The van der Waals surface area contributed by atoms with Gasteiger partial charge >= 0.3 is 0 Å². The Labute approximate surface area is 115 Å². The first kappa shape index (κ1) is 14.4. The predicted octanol–water partition coefficient (Wildman–Crippen LogP) is 2.81. The molecule has 1 aliphatic rings. The Morgan fingerprint density at radius 2 is 1.84 bits per heavy atom. The average molecular weight is 263 g/mol. The zero-order chi connectivity index (χ0) is 13.6. The maximum Gasteiger partial charge on any atom is 0.120 e. The summed E-state index contributed by atoms with van der Waals surface area (Å²) in [6.45, 7) is 1.90. The maximum absolute atomic E-state index is 9.74. The van der Waals surface area contributed by atoms with Gasteiger partial charge in [0.25, 0.3) is 0 Å². The van der Waals surface area contributed by atoms with Gasteiger partial charge < -0.3 is 15.5 Å². The Kier molecular flexibility index (Phi) is 5.23. The molecule has 1 fully saturated rings. The van der Waals surface area contributed by atoms with Crippen LogP contribution in [0.3, 0.4) is 0 Å². The molecule has 0 unspecified atom stereocenters. The molecule has 3 N–H and O–H groups in total. The van der Waals surface area contributed by atoms with Crippen molar-refractivity contribution in [2.45, 2.75) is 45.1 Å². The molecule has 1 aliphatic carbocycles. The first-order valence-electron chi connectivity index (χ1n) is 7.34. The molecule has 19 heavy (non-hydrogen) atoms. The largest absolute Gasteiger partial charge is 0.508 e. The minimum Gasteiger partial charge on any atom is -0.508 e. The van der Waals surface area contributed by atoms with Crippen molar-refractivity contribution in [1.29, 1.82) is 0 Å². The Balaban J connectivity index is 1.87. The maximum atomic E-state index is 9.74. The highest BCUT2D eigenvalue weighted by molar-refractivity contribution is 5.31. The Bertz CT molecular complexity index is 381. The summed E-state index contributed by atoms with van der Waals surface area (Å²) < 4.78 is 0. The summed E-state index contributed by atoms with van der Waals surface area (Å²) in [5, 5.41) is 22.5. The van der Waals surface area contributed by atoms with Crippen molar-refractivity contribution >= 4 is 0 Å². The fourth-order valence-electron chi connectivity index (χ4n) is 3.18. The molecule has 0 amide bonds. The number of aliphatic hydroxyl groups is 1. The van der Waals surface area contributed by atoms with Crippen LogP contribution in [0.2, 0.25) is 0 Å². The lowest BCUT2D eigenvalue weighted by molar-refractivity contribution is 0.126. The van der Waals surface area contributed by atoms with E-state index in [0.717, 1.165) is 18.5 Å². The van der Waals surface area contributed by atoms with Crippen LogP contribution in [0.1, 0.15) is 44.1 Å². The Morgan fingerprint density at radius 1 is 1.11 bits per heavy atom. The topological polar surface area (TPSA) is 52.5 Å². The van der Waals surface area contributed by atoms with E-state index in [1.54, 1.807) is 6.07 Å². The lowest BCUT2D eigenvalue weighted by Gasteiger charge is -2.37. The van der Waals surface area contributed by atoms with Crippen LogP contribution >= 0.6 is 0 Å². The van der Waals surface area contributed by atoms with E-state index in [4.69, 9.17) is 0 Å². The molecule has 2 rings (SSSR count). The second-order valence-electron chi connectivity index (χ2n) is 5.77. The first-order chi connectivity index (χ1) is 9.26. The van der Waals surface area contributed by atoms with Crippen LogP contribution in [-0.4, -0.2) is 23.4 Å². The number of aliphatic hydroxyl groups excluding tert-OH is 1. The van der Waals surface area contributed by atoms with Gasteiger partial charge in [-0.2, -0.15) is 0 Å². The van der Waals surface area contributed by atoms with Crippen molar-refractivity contribution < 1.29 is 10.2 Å². The third-order valence-electron chi connectivity index (χ3n) is 4.36. The zero-order valence-corrected chi connectivity index (χ0v) is 11.6. The Hall–Kier alpha value is -1.06. The standard InChI is InChI=1S/C16H25NO2/c18-11-10-16(8-4-1-5-9-16)13-17-12-14-6-2-3-7-15(14)19/h2-3,6-7,17-19H,1,4-5,8-13H2. The normalized spacial score (nSPS) is 18.4. The molecule has 0 spiro atoms. The van der Waals surface area contributed by atoms with Crippen molar-refractivity contribution in [2.75, 3.05) is 13.2 Å². The number of benzene rings is 1. The van der Waals surface area contributed by atoms with Crippen LogP contribution in [0.25, 0.3) is 0 Å². The van der Waals surface area contributed by atoms with Gasteiger partial charge in [0.15, 0.2) is 0 Å². The van der Waals surface area contributed by atoms with Crippen LogP contribution in [0, 0.1) is 5.41 Å². The zero-order valence-electron chi connectivity index (χ0n) is 11.6. The number of rotatable bonds is 6. The van der Waals surface area contributed by atoms with E-state index < -0.39 is 0 Å². The summed E-state index contributed by atoms with van der Waals surface area (Å²) in [6, 6.07) is 7.46. The van der Waals surface area contributed by atoms with E-state index in [0.29, 0.717) is 12.3 Å². The molecular weight excluding hydrogens is 238 g/mol. The number of para-hydroxylation sites is 1. The van der Waals surface area contributed by atoms with Crippen LogP contribution in [0.4, 0.5) is 0 Å². The van der Waals surface area contributed by atoms with Gasteiger partial charge in [0.1, 0.15) is 5.75 Å². The van der Waals surface area contributed by atoms with Crippen LogP contribution in [-0.2, 0) is 6.54 Å². The van der Waals surface area contributed by atoms with Gasteiger partial charge in [-0.3, -0.25) is 0 Å². The van der Waals surface area contributed by atoms with E-state index in [2.05, 4.69) is 5.32 Å². The summed E-state index contributed by atoms with van der Waals surface area (Å²) >= 11 is 0. The Morgan fingerprint density at radius 3 is 2.53 bits per heavy atom. The molecule has 0 saturated heterocycles. The van der Waals surface area contributed by atoms with Crippen LogP contribution < -0.4 is 5.32 Å². The number of hydrogen-bond donors (Lipinski definition) is 3. The van der Waals surface area contributed by atoms with E-state index in [9.17, 15) is 10.2 Å². The third-order valence-corrected chi connectivity index (χ3v) is 4.36. The number of hydrogen-bond acceptors (Lipinski definition) is 3. The van der Waals surface area contributed by atoms with Crippen molar-refractivity contribution in [2.24, 2.45) is 5.41 Å². The van der Waals surface area contributed by atoms with E-state index in [-0.39, 0.29) is 12.0 Å². The van der Waals surface area contributed by atoms with Crippen LogP contribution in [0.5, 0.6) is 5.75 Å². The molecule has 106 valence electrons. The first-order valence-corrected chi connectivity index (χ1v) is 7.34. The smallest absolute Gasteiger partial charge is 0.120 e. The van der Waals surface area contributed by atoms with Crippen molar-refractivity contribution in [3.05, 3.63) is 29.8 Å². The quantitative estimate of drug-likeness (QED) is 0.739. The van der Waals surface area contributed by atoms with Gasteiger partial charge in [-0.1, -0.05) is 37.5 Å². The fourth-order valence-corrected chi connectivity index (χ4v) is 3.18. The predicted molar refractivity (Wildman–Crippen MR) is 77.0 cm³/mol. The van der Waals surface area contributed by atoms with Gasteiger partial charge in [-0.05, 0) is 30.7 Å². The van der Waals surface area contributed by atoms with E-state index in [1.165, 1.54) is 32.1 Å². The van der Waals surface area contributed by atoms with Gasteiger partial charge in [-0.25, -0.2) is 0 Å². The summed E-state index contributed by atoms with van der Waals surface area (Å²) in [4.78, 5) is 0. The van der Waals surface area contributed by atoms with Gasteiger partial charge in [0.2, 0.25) is 0 Å². The summed E-state index contributed by atoms with van der Waals surface area (Å²) in [5.41, 5.74) is 1.20. The van der Waals surface area contributed by atoms with Crippen molar-refractivity contribution in [3.8, 4) is 5.75 Å². The molecule has 3 nitrogen and oxygen atoms in total. The molecule has 0 aliphatic heterocycles. The monoisotopic (exact) mass is 263 g/mol. The molecule has 1 saturated carbocycles. The molecule has 1 aromatic carbocycles. The molecule has 0 atom stereocenters. The van der Waals surface area contributed by atoms with E-state index >= 15 is 0 Å². The average Bonchev–Trinajstić information content (AvgIpc) is 2.42. The van der Waals surface area contributed by atoms with Crippen molar-refractivity contribution in [1.82, 2.24) is 5.32 Å². The minimum atomic E-state index is 0.261. The SMILES string of the molecule is OCCC1(CNCc2ccccc2O)CCCCC1. The highest BCUT2D eigenvalue weighted by atomic mass is 16.3. The molecular formula is C16H25NO2. The number of phenols is 1. The second-order valence-corrected chi connectivity index (χ2v) is 5.77. The lowest BCUT2D eigenvalue weighted by Crippen LogP contribution is -2.36. The molecule has 0 heterocycles. The van der Waals surface area contributed by atoms with Crippen LogP contribution in [0.15, 0.2) is 24.3 Å². The van der Waals surface area contributed by atoms with Crippen molar-refractivity contribution in [3.63, 3.8) is 0 Å². The molecule has 1 aromatic rings. The highest BCUT2D eigenvalue weighted by Crippen LogP contribution is 2.38. The summed E-state index contributed by atoms with van der Waals surface area (Å²) in [7, 11) is 0. The summed E-state index contributed by atoms with van der Waals surface area (Å²) in [6.07, 6.45) is 7.19. The van der Waals surface area contributed by atoms with Gasteiger partial charge in [0.05, 0.1) is 0 Å². The minimum absolute atomic E-state index is 0.261. The number of nitrogens with one attached hydrogen (secondary N) is 1. The lowest BCUT2D eigenvalue weighted by atomic mass is 9.72. The van der Waals surface area contributed by atoms with Gasteiger partial charge in [-0.15, -0.1) is 0 Å². The fraction of sp³-hybridized carbons (Fsp3) is 0.625. The van der Waals surface area contributed by atoms with E-state index in [1.807, 2.05) is 18.2 Å². The number of aromatic hydroxyl groups is 1. The highest BCUT2D eigenvalue weighted by Gasteiger charge is 2.30. The number of phenolic OH excluding ortho intramolecular Hbond substituents is 1. The third kappa shape index (κ3) is 3.95. The summed E-state index contributed by atoms with van der Waals surface area (Å²) in [5.74, 6) is 0.356.